The van der Waals surface area contributed by atoms with Crippen LogP contribution in [0.4, 0.5) is 28.4 Å². The zero-order chi connectivity index (χ0) is 25.5. The van der Waals surface area contributed by atoms with E-state index in [1.165, 1.54) is 34.3 Å². The summed E-state index contributed by atoms with van der Waals surface area (Å²) < 4.78 is 52.4. The van der Waals surface area contributed by atoms with Gasteiger partial charge in [-0.1, -0.05) is 0 Å². The molecule has 2 heterocycles. The van der Waals surface area contributed by atoms with Crippen molar-refractivity contribution >= 4 is 45.1 Å². The first-order valence-corrected chi connectivity index (χ1v) is 12.9. The third-order valence-electron chi connectivity index (χ3n) is 6.20. The predicted octanol–water partition coefficient (Wildman–Crippen LogP) is 7.37. The third kappa shape index (κ3) is 5.61. The number of benzene rings is 1. The fraction of sp³-hybridized carbons (Fsp3) is 0.500. The molecule has 0 N–H and O–H groups in total. The largest absolute Gasteiger partial charge is 0.453 e. The maximum atomic E-state index is 13.7. The molecule has 190 valence electrons. The maximum Gasteiger partial charge on any atom is 0.416 e. The molecule has 1 aromatic heterocycles. The van der Waals surface area contributed by atoms with Crippen LogP contribution in [-0.4, -0.2) is 36.3 Å². The lowest BCUT2D eigenvalue weighted by molar-refractivity contribution is -0.137. The number of amides is 2. The van der Waals surface area contributed by atoms with Gasteiger partial charge in [-0.05, 0) is 84.8 Å². The Morgan fingerprint density at radius 3 is 2.51 bits per heavy atom. The van der Waals surface area contributed by atoms with E-state index in [-0.39, 0.29) is 36.6 Å². The Bertz CT molecular complexity index is 1100. The average Bonchev–Trinajstić information content (AvgIpc) is 3.55. The summed E-state index contributed by atoms with van der Waals surface area (Å²) in [6.45, 7) is 3.61. The highest BCUT2D eigenvalue weighted by molar-refractivity contribution is 9.10. The highest BCUT2D eigenvalue weighted by Gasteiger charge is 2.47. The van der Waals surface area contributed by atoms with Crippen molar-refractivity contribution in [3.8, 4) is 0 Å². The summed E-state index contributed by atoms with van der Waals surface area (Å²) in [5.74, 6) is 0.183. The van der Waals surface area contributed by atoms with Crippen LogP contribution in [0.2, 0.25) is 0 Å². The molecule has 1 aliphatic heterocycles. The number of anilines is 1. The Hall–Kier alpha value is -2.27. The number of carbonyl (C=O) groups is 2. The van der Waals surface area contributed by atoms with E-state index in [1.807, 2.05) is 11.4 Å². The van der Waals surface area contributed by atoms with Crippen LogP contribution in [0, 0.1) is 5.92 Å². The Morgan fingerprint density at radius 2 is 1.97 bits per heavy atom. The van der Waals surface area contributed by atoms with Crippen molar-refractivity contribution in [3.05, 3.63) is 50.1 Å². The molecule has 2 aromatic rings. The molecule has 0 saturated heterocycles. The Kier molecular flexibility index (Phi) is 7.38. The number of hydrogen-bond acceptors (Lipinski definition) is 5. The number of rotatable bonds is 5. The molecule has 2 atom stereocenters. The van der Waals surface area contributed by atoms with Gasteiger partial charge in [0.1, 0.15) is 0 Å². The van der Waals surface area contributed by atoms with Crippen LogP contribution in [0.5, 0.6) is 0 Å². The second-order valence-corrected chi connectivity index (χ2v) is 11.0. The molecular weight excluding hydrogens is 549 g/mol. The third-order valence-corrected chi connectivity index (χ3v) is 7.88. The van der Waals surface area contributed by atoms with E-state index < -0.39 is 30.0 Å². The van der Waals surface area contributed by atoms with Gasteiger partial charge >= 0.3 is 18.4 Å². The highest BCUT2D eigenvalue weighted by Crippen LogP contribution is 2.50. The summed E-state index contributed by atoms with van der Waals surface area (Å²) in [5.41, 5.74) is -0.261. The zero-order valence-corrected chi connectivity index (χ0v) is 21.9. The molecule has 2 amide bonds. The second kappa shape index (κ2) is 10.0. The summed E-state index contributed by atoms with van der Waals surface area (Å²) in [4.78, 5) is 29.9. The summed E-state index contributed by atoms with van der Waals surface area (Å²) in [6.07, 6.45) is -4.12. The van der Waals surface area contributed by atoms with Crippen molar-refractivity contribution in [2.45, 2.75) is 64.0 Å². The molecule has 1 aliphatic carbocycles. The molecule has 6 nitrogen and oxygen atoms in total. The van der Waals surface area contributed by atoms with Crippen molar-refractivity contribution in [3.63, 3.8) is 0 Å². The van der Waals surface area contributed by atoms with E-state index in [9.17, 15) is 22.8 Å². The molecule has 0 bridgehead atoms. The van der Waals surface area contributed by atoms with Crippen LogP contribution in [0.3, 0.4) is 0 Å². The number of methoxy groups -OCH3 is 1. The second-order valence-electron chi connectivity index (χ2n) is 9.06. The maximum absolute atomic E-state index is 13.7. The lowest BCUT2D eigenvalue weighted by Crippen LogP contribution is -2.50. The number of nitrogens with zero attached hydrogens (tertiary/aromatic N) is 2. The van der Waals surface area contributed by atoms with Crippen molar-refractivity contribution < 1.29 is 32.2 Å². The smallest absolute Gasteiger partial charge is 0.416 e. The first-order valence-electron chi connectivity index (χ1n) is 11.3. The van der Waals surface area contributed by atoms with Crippen LogP contribution < -0.4 is 4.90 Å². The fourth-order valence-electron chi connectivity index (χ4n) is 4.55. The van der Waals surface area contributed by atoms with Crippen LogP contribution in [0.15, 0.2) is 34.1 Å². The SMILES string of the molecule is COC(=O)N(Cc1cc(Br)cs1)C1CC(C2CC2)N(C(=O)OC(C)C)c2ccc(C(F)(F)F)cc21. The minimum Gasteiger partial charge on any atom is -0.453 e. The van der Waals surface area contributed by atoms with Gasteiger partial charge in [0.05, 0.1) is 37.1 Å². The van der Waals surface area contributed by atoms with Gasteiger partial charge in [0.15, 0.2) is 0 Å². The topological polar surface area (TPSA) is 59.1 Å². The number of halogens is 4. The van der Waals surface area contributed by atoms with Gasteiger partial charge in [-0.15, -0.1) is 11.3 Å². The predicted molar refractivity (Wildman–Crippen MR) is 129 cm³/mol. The molecule has 35 heavy (non-hydrogen) atoms. The first-order chi connectivity index (χ1) is 16.5. The lowest BCUT2D eigenvalue weighted by Gasteiger charge is -2.44. The molecule has 4 rings (SSSR count). The number of ether oxygens (including phenoxy) is 2. The Balaban J connectivity index is 1.84. The molecular formula is C24H26BrF3N2O4S. The molecule has 1 fully saturated rings. The zero-order valence-electron chi connectivity index (χ0n) is 19.5. The van der Waals surface area contributed by atoms with Gasteiger partial charge in [-0.25, -0.2) is 9.59 Å². The molecule has 1 aromatic carbocycles. The number of fused-ring (bicyclic) bond motifs is 1. The van der Waals surface area contributed by atoms with Gasteiger partial charge in [0.25, 0.3) is 0 Å². The van der Waals surface area contributed by atoms with Crippen LogP contribution >= 0.6 is 27.3 Å². The summed E-state index contributed by atoms with van der Waals surface area (Å²) in [6, 6.07) is 4.17. The van der Waals surface area contributed by atoms with Crippen LogP contribution in [0.1, 0.15) is 55.2 Å². The molecule has 0 radical (unpaired) electrons. The summed E-state index contributed by atoms with van der Waals surface area (Å²) in [7, 11) is 1.25. The lowest BCUT2D eigenvalue weighted by atomic mass is 9.87. The number of carbonyl (C=O) groups excluding carboxylic acids is 2. The van der Waals surface area contributed by atoms with E-state index in [0.717, 1.165) is 34.3 Å². The van der Waals surface area contributed by atoms with Crippen LogP contribution in [-0.2, 0) is 22.2 Å². The summed E-state index contributed by atoms with van der Waals surface area (Å²) >= 11 is 4.83. The average molecular weight is 575 g/mol. The van der Waals surface area contributed by atoms with Gasteiger partial charge in [0.2, 0.25) is 0 Å². The minimum absolute atomic E-state index is 0.164. The van der Waals surface area contributed by atoms with E-state index in [1.54, 1.807) is 13.8 Å². The van der Waals surface area contributed by atoms with Crippen molar-refractivity contribution in [2.24, 2.45) is 5.92 Å². The highest BCUT2D eigenvalue weighted by atomic mass is 79.9. The molecule has 0 spiro atoms. The van der Waals surface area contributed by atoms with Crippen molar-refractivity contribution in [2.75, 3.05) is 12.0 Å². The molecule has 2 unspecified atom stereocenters. The fourth-order valence-corrected chi connectivity index (χ4v) is 6.00. The van der Waals surface area contributed by atoms with E-state index >= 15 is 0 Å². The number of hydrogen-bond donors (Lipinski definition) is 0. The van der Waals surface area contributed by atoms with Gasteiger partial charge in [-0.3, -0.25) is 9.80 Å². The normalized spacial score (nSPS) is 19.9. The van der Waals surface area contributed by atoms with Crippen LogP contribution in [0.25, 0.3) is 0 Å². The monoisotopic (exact) mass is 574 g/mol. The number of thiophene rings is 1. The molecule has 2 aliphatic rings. The molecule has 1 saturated carbocycles. The van der Waals surface area contributed by atoms with Gasteiger partial charge in [0, 0.05) is 20.8 Å². The van der Waals surface area contributed by atoms with E-state index in [2.05, 4.69) is 15.9 Å². The number of alkyl halides is 3. The Labute approximate surface area is 214 Å². The Morgan fingerprint density at radius 1 is 1.26 bits per heavy atom. The van der Waals surface area contributed by atoms with E-state index in [0.29, 0.717) is 5.69 Å². The minimum atomic E-state index is -4.58. The molecule has 11 heteroatoms. The summed E-state index contributed by atoms with van der Waals surface area (Å²) in [5, 5.41) is 1.87. The standard InChI is InChI=1S/C24H26BrF3N2O4S/c1-13(2)34-23(32)30-19-7-6-15(24(26,27)28)8-18(19)21(10-20(30)14-4-5-14)29(22(31)33-3)11-17-9-16(25)12-35-17/h6-9,12-14,20-21H,4-5,10-11H2,1-3H3. The quantitative estimate of drug-likeness (QED) is 0.374. The first kappa shape index (κ1) is 25.8. The van der Waals surface area contributed by atoms with E-state index in [4.69, 9.17) is 9.47 Å². The van der Waals surface area contributed by atoms with Crippen molar-refractivity contribution in [1.82, 2.24) is 4.90 Å². The van der Waals surface area contributed by atoms with Gasteiger partial charge in [-0.2, -0.15) is 13.2 Å². The van der Waals surface area contributed by atoms with Crippen molar-refractivity contribution in [1.29, 1.82) is 0 Å². The van der Waals surface area contributed by atoms with Gasteiger partial charge < -0.3 is 9.47 Å².